The number of amides is 2. The smallest absolute Gasteiger partial charge is 0.254 e. The van der Waals surface area contributed by atoms with Gasteiger partial charge in [0.05, 0.1) is 16.6 Å². The Balaban J connectivity index is 1.43. The van der Waals surface area contributed by atoms with Crippen molar-refractivity contribution in [2.24, 2.45) is 5.92 Å². The highest BCUT2D eigenvalue weighted by molar-refractivity contribution is 6.07. The fraction of sp³-hybridized carbons (Fsp3) is 0.500. The quantitative estimate of drug-likeness (QED) is 0.560. The van der Waals surface area contributed by atoms with Crippen LogP contribution in [0.3, 0.4) is 0 Å². The summed E-state index contributed by atoms with van der Waals surface area (Å²) < 4.78 is 1.75. The fourth-order valence-electron chi connectivity index (χ4n) is 4.60. The third kappa shape index (κ3) is 4.41. The Labute approximate surface area is 200 Å². The van der Waals surface area contributed by atoms with Crippen molar-refractivity contribution in [2.45, 2.75) is 52.4 Å². The van der Waals surface area contributed by atoms with Gasteiger partial charge in [-0.15, -0.1) is 0 Å². The molecule has 0 N–H and O–H groups in total. The molecular formula is C26H32N6O2. The van der Waals surface area contributed by atoms with E-state index in [2.05, 4.69) is 18.8 Å². The summed E-state index contributed by atoms with van der Waals surface area (Å²) in [4.78, 5) is 39.4. The first-order valence-corrected chi connectivity index (χ1v) is 12.3. The summed E-state index contributed by atoms with van der Waals surface area (Å²) in [6.45, 7) is 8.43. The van der Waals surface area contributed by atoms with Gasteiger partial charge in [0.25, 0.3) is 5.91 Å². The van der Waals surface area contributed by atoms with E-state index in [1.54, 1.807) is 10.9 Å². The van der Waals surface area contributed by atoms with Crippen LogP contribution in [0.1, 0.15) is 67.2 Å². The van der Waals surface area contributed by atoms with Crippen LogP contribution in [0.15, 0.2) is 30.5 Å². The molecule has 178 valence electrons. The van der Waals surface area contributed by atoms with E-state index in [0.29, 0.717) is 61.5 Å². The molecule has 2 fully saturated rings. The Morgan fingerprint density at radius 1 is 1.09 bits per heavy atom. The predicted molar refractivity (Wildman–Crippen MR) is 130 cm³/mol. The third-order valence-corrected chi connectivity index (χ3v) is 6.78. The van der Waals surface area contributed by atoms with Crippen molar-refractivity contribution < 1.29 is 9.59 Å². The summed E-state index contributed by atoms with van der Waals surface area (Å²) in [7, 11) is 0. The lowest BCUT2D eigenvalue weighted by Crippen LogP contribution is -2.50. The minimum absolute atomic E-state index is 0.00718. The molecule has 0 bridgehead atoms. The summed E-state index contributed by atoms with van der Waals surface area (Å²) in [5.74, 6) is 1.78. The maximum absolute atomic E-state index is 13.7. The van der Waals surface area contributed by atoms with Gasteiger partial charge in [-0.1, -0.05) is 19.9 Å². The molecular weight excluding hydrogens is 428 g/mol. The van der Waals surface area contributed by atoms with Crippen LogP contribution in [-0.2, 0) is 4.79 Å². The number of rotatable bonds is 6. The average molecular weight is 461 g/mol. The highest BCUT2D eigenvalue weighted by Crippen LogP contribution is 2.41. The Kier molecular flexibility index (Phi) is 6.06. The molecule has 3 aromatic heterocycles. The number of hydrogen-bond donors (Lipinski definition) is 0. The van der Waals surface area contributed by atoms with E-state index < -0.39 is 0 Å². The fourth-order valence-corrected chi connectivity index (χ4v) is 4.60. The number of carbonyl (C=O) groups excluding carboxylic acids is 2. The third-order valence-electron chi connectivity index (χ3n) is 6.78. The van der Waals surface area contributed by atoms with Gasteiger partial charge in [0, 0.05) is 50.4 Å². The van der Waals surface area contributed by atoms with Gasteiger partial charge in [0.15, 0.2) is 11.5 Å². The Bertz CT molecular complexity index is 1210. The molecule has 2 aliphatic rings. The molecule has 5 rings (SSSR count). The molecule has 2 amide bonds. The number of nitrogens with zero attached hydrogens (tertiary/aromatic N) is 6. The van der Waals surface area contributed by atoms with Crippen LogP contribution in [0, 0.1) is 12.8 Å². The van der Waals surface area contributed by atoms with Gasteiger partial charge >= 0.3 is 0 Å². The zero-order valence-electron chi connectivity index (χ0n) is 20.2. The van der Waals surface area contributed by atoms with E-state index in [9.17, 15) is 9.59 Å². The SMILES string of the molecule is Cc1nn(-c2ccccn2)c2nc(C3CC3)cc(C(=O)N3CCN(C(=O)CCC(C)C)CC3)c12. The van der Waals surface area contributed by atoms with E-state index in [-0.39, 0.29) is 11.8 Å². The molecule has 0 radical (unpaired) electrons. The van der Waals surface area contributed by atoms with Crippen LogP contribution >= 0.6 is 0 Å². The molecule has 0 unspecified atom stereocenters. The summed E-state index contributed by atoms with van der Waals surface area (Å²) in [5.41, 5.74) is 3.06. The molecule has 4 heterocycles. The molecule has 0 atom stereocenters. The number of pyridine rings is 2. The highest BCUT2D eigenvalue weighted by Gasteiger charge is 2.31. The van der Waals surface area contributed by atoms with Crippen molar-refractivity contribution in [3.8, 4) is 5.82 Å². The minimum Gasteiger partial charge on any atom is -0.339 e. The second kappa shape index (κ2) is 9.16. The monoisotopic (exact) mass is 460 g/mol. The van der Waals surface area contributed by atoms with E-state index in [4.69, 9.17) is 10.1 Å². The van der Waals surface area contributed by atoms with Gasteiger partial charge < -0.3 is 9.80 Å². The molecule has 1 saturated heterocycles. The lowest BCUT2D eigenvalue weighted by atomic mass is 10.1. The second-order valence-corrected chi connectivity index (χ2v) is 9.86. The first-order valence-electron chi connectivity index (χ1n) is 12.3. The van der Waals surface area contributed by atoms with Crippen molar-refractivity contribution in [3.63, 3.8) is 0 Å². The van der Waals surface area contributed by atoms with E-state index >= 15 is 0 Å². The number of aryl methyl sites for hydroxylation is 1. The molecule has 1 saturated carbocycles. The van der Waals surface area contributed by atoms with Crippen molar-refractivity contribution in [3.05, 3.63) is 47.4 Å². The Hall–Kier alpha value is -3.29. The lowest BCUT2D eigenvalue weighted by Gasteiger charge is -2.35. The van der Waals surface area contributed by atoms with E-state index in [1.807, 2.05) is 41.0 Å². The van der Waals surface area contributed by atoms with Crippen molar-refractivity contribution in [1.82, 2.24) is 29.5 Å². The normalized spacial score (nSPS) is 16.5. The average Bonchev–Trinajstić information content (AvgIpc) is 3.65. The summed E-state index contributed by atoms with van der Waals surface area (Å²) in [6, 6.07) is 7.66. The van der Waals surface area contributed by atoms with E-state index in [0.717, 1.165) is 36.0 Å². The molecule has 8 nitrogen and oxygen atoms in total. The van der Waals surface area contributed by atoms with Crippen LogP contribution < -0.4 is 0 Å². The highest BCUT2D eigenvalue weighted by atomic mass is 16.2. The Morgan fingerprint density at radius 3 is 2.47 bits per heavy atom. The van der Waals surface area contributed by atoms with Crippen LogP contribution in [-0.4, -0.2) is 67.5 Å². The van der Waals surface area contributed by atoms with Gasteiger partial charge in [-0.2, -0.15) is 9.78 Å². The maximum atomic E-state index is 13.7. The largest absolute Gasteiger partial charge is 0.339 e. The van der Waals surface area contributed by atoms with Crippen LogP contribution in [0.5, 0.6) is 0 Å². The lowest BCUT2D eigenvalue weighted by molar-refractivity contribution is -0.132. The van der Waals surface area contributed by atoms with E-state index in [1.165, 1.54) is 0 Å². The van der Waals surface area contributed by atoms with Gasteiger partial charge in [-0.3, -0.25) is 9.59 Å². The number of carbonyl (C=O) groups is 2. The van der Waals surface area contributed by atoms with Gasteiger partial charge in [0.1, 0.15) is 0 Å². The maximum Gasteiger partial charge on any atom is 0.254 e. The number of hydrogen-bond acceptors (Lipinski definition) is 5. The minimum atomic E-state index is -0.00718. The summed E-state index contributed by atoms with van der Waals surface area (Å²) in [5, 5.41) is 5.49. The number of piperazine rings is 1. The van der Waals surface area contributed by atoms with Crippen molar-refractivity contribution >= 4 is 22.8 Å². The number of fused-ring (bicyclic) bond motifs is 1. The van der Waals surface area contributed by atoms with Crippen LogP contribution in [0.4, 0.5) is 0 Å². The van der Waals surface area contributed by atoms with Gasteiger partial charge in [-0.25, -0.2) is 9.97 Å². The topological polar surface area (TPSA) is 84.2 Å². The predicted octanol–water partition coefficient (Wildman–Crippen LogP) is 3.72. The van der Waals surface area contributed by atoms with Gasteiger partial charge in [0.2, 0.25) is 5.91 Å². The second-order valence-electron chi connectivity index (χ2n) is 9.86. The molecule has 3 aromatic rings. The zero-order chi connectivity index (χ0) is 23.8. The standard InChI is InChI=1S/C26H32N6O2/c1-17(2)7-10-23(33)30-12-14-31(15-13-30)26(34)20-16-21(19-8-9-19)28-25-24(20)18(3)29-32(25)22-6-4-5-11-27-22/h4-6,11,16-17,19H,7-10,12-15H2,1-3H3. The molecule has 1 aliphatic carbocycles. The summed E-state index contributed by atoms with van der Waals surface area (Å²) in [6.07, 6.45) is 5.40. The molecule has 34 heavy (non-hydrogen) atoms. The molecule has 1 aliphatic heterocycles. The molecule has 0 aromatic carbocycles. The van der Waals surface area contributed by atoms with Gasteiger partial charge in [-0.05, 0) is 50.3 Å². The molecule has 0 spiro atoms. The van der Waals surface area contributed by atoms with Crippen LogP contribution in [0.25, 0.3) is 16.9 Å². The van der Waals surface area contributed by atoms with Crippen LogP contribution in [0.2, 0.25) is 0 Å². The van der Waals surface area contributed by atoms with Crippen molar-refractivity contribution in [1.29, 1.82) is 0 Å². The van der Waals surface area contributed by atoms with Crippen molar-refractivity contribution in [2.75, 3.05) is 26.2 Å². The summed E-state index contributed by atoms with van der Waals surface area (Å²) >= 11 is 0. The Morgan fingerprint density at radius 2 is 1.82 bits per heavy atom. The number of aromatic nitrogens is 4. The zero-order valence-corrected chi connectivity index (χ0v) is 20.2. The first-order chi connectivity index (χ1) is 16.4. The molecule has 8 heteroatoms. The first kappa shape index (κ1) is 22.5.